The number of likely N-dealkylation sites (N-methyl/N-ethyl adjacent to an activating group) is 1. The van der Waals surface area contributed by atoms with Crippen LogP contribution in [0.4, 0.5) is 0 Å². The fourth-order valence-electron chi connectivity index (χ4n) is 2.79. The van der Waals surface area contributed by atoms with Crippen molar-refractivity contribution in [2.45, 2.75) is 24.8 Å². The Bertz CT molecular complexity index is 769. The molecule has 0 spiro atoms. The van der Waals surface area contributed by atoms with E-state index in [1.54, 1.807) is 37.1 Å². The number of alkyl halides is 1. The quantitative estimate of drug-likeness (QED) is 0.798. The van der Waals surface area contributed by atoms with Crippen molar-refractivity contribution in [3.05, 3.63) is 40.4 Å². The normalized spacial score (nSPS) is 20.2. The fraction of sp³-hybridized carbons (Fsp3) is 0.400. The molecule has 3 rings (SSSR count). The third-order valence-electron chi connectivity index (χ3n) is 3.90. The van der Waals surface area contributed by atoms with Crippen LogP contribution in [0.25, 0.3) is 10.9 Å². The first-order valence-electron chi connectivity index (χ1n) is 6.91. The second-order valence-electron chi connectivity index (χ2n) is 5.34. The lowest BCUT2D eigenvalue weighted by Gasteiger charge is -2.19. The molecule has 2 heterocycles. The first kappa shape index (κ1) is 14.1. The molecule has 1 aromatic heterocycles. The maximum atomic E-state index is 12.8. The van der Waals surface area contributed by atoms with Gasteiger partial charge in [-0.15, -0.1) is 11.6 Å². The van der Waals surface area contributed by atoms with Crippen molar-refractivity contribution in [1.29, 1.82) is 0 Å². The number of likely N-dealkylation sites (tertiary alicyclic amines) is 1. The zero-order chi connectivity index (χ0) is 15.1. The van der Waals surface area contributed by atoms with Crippen molar-refractivity contribution >= 4 is 28.4 Å². The third-order valence-corrected chi connectivity index (χ3v) is 4.10. The Morgan fingerprint density at radius 3 is 2.67 bits per heavy atom. The van der Waals surface area contributed by atoms with E-state index < -0.39 is 11.4 Å². The van der Waals surface area contributed by atoms with Crippen LogP contribution in [-0.4, -0.2) is 34.0 Å². The zero-order valence-corrected chi connectivity index (χ0v) is 12.7. The van der Waals surface area contributed by atoms with Crippen LogP contribution < -0.4 is 5.56 Å². The summed E-state index contributed by atoms with van der Waals surface area (Å²) < 4.78 is 1.48. The van der Waals surface area contributed by atoms with Gasteiger partial charge in [-0.3, -0.25) is 14.2 Å². The highest BCUT2D eigenvalue weighted by Crippen LogP contribution is 2.27. The van der Waals surface area contributed by atoms with E-state index in [4.69, 9.17) is 11.6 Å². The lowest BCUT2D eigenvalue weighted by atomic mass is 10.2. The van der Waals surface area contributed by atoms with Crippen molar-refractivity contribution in [3.8, 4) is 0 Å². The number of halogens is 1. The molecule has 2 atom stereocenters. The highest BCUT2D eigenvalue weighted by atomic mass is 35.5. The van der Waals surface area contributed by atoms with E-state index in [2.05, 4.69) is 4.98 Å². The average molecular weight is 306 g/mol. The molecule has 1 fully saturated rings. The van der Waals surface area contributed by atoms with Crippen LogP contribution in [0.2, 0.25) is 0 Å². The van der Waals surface area contributed by atoms with Crippen LogP contribution in [0.15, 0.2) is 29.1 Å². The van der Waals surface area contributed by atoms with Gasteiger partial charge < -0.3 is 4.90 Å². The summed E-state index contributed by atoms with van der Waals surface area (Å²) in [6.45, 7) is 2.40. The van der Waals surface area contributed by atoms with Crippen molar-refractivity contribution in [1.82, 2.24) is 14.5 Å². The molecule has 5 nitrogen and oxygen atoms in total. The Kier molecular flexibility index (Phi) is 3.45. The van der Waals surface area contributed by atoms with Crippen LogP contribution in [-0.2, 0) is 4.79 Å². The van der Waals surface area contributed by atoms with Crippen molar-refractivity contribution in [2.75, 3.05) is 13.6 Å². The van der Waals surface area contributed by atoms with Gasteiger partial charge in [-0.05, 0) is 25.5 Å². The molecular weight excluding hydrogens is 290 g/mol. The summed E-state index contributed by atoms with van der Waals surface area (Å²) in [4.78, 5) is 31.2. The summed E-state index contributed by atoms with van der Waals surface area (Å²) in [7, 11) is 1.74. The van der Waals surface area contributed by atoms with E-state index in [1.165, 1.54) is 4.57 Å². The lowest BCUT2D eigenvalue weighted by molar-refractivity contribution is -0.129. The molecule has 0 radical (unpaired) electrons. The van der Waals surface area contributed by atoms with E-state index in [9.17, 15) is 9.59 Å². The van der Waals surface area contributed by atoms with Gasteiger partial charge in [0.25, 0.3) is 5.56 Å². The summed E-state index contributed by atoms with van der Waals surface area (Å²) in [5, 5.41) is 0.0712. The number of nitrogens with zero attached hydrogens (tertiary/aromatic N) is 3. The Balaban J connectivity index is 2.30. The Morgan fingerprint density at radius 1 is 1.33 bits per heavy atom. The molecule has 0 aliphatic carbocycles. The molecule has 1 amide bonds. The second-order valence-corrected chi connectivity index (χ2v) is 6.00. The predicted molar refractivity (Wildman–Crippen MR) is 81.6 cm³/mol. The molecule has 1 aliphatic rings. The van der Waals surface area contributed by atoms with Gasteiger partial charge in [-0.2, -0.15) is 0 Å². The Hall–Kier alpha value is -1.88. The molecule has 0 saturated carbocycles. The van der Waals surface area contributed by atoms with Gasteiger partial charge in [0.1, 0.15) is 11.9 Å². The van der Waals surface area contributed by atoms with Gasteiger partial charge in [-0.1, -0.05) is 12.1 Å². The molecule has 0 N–H and O–H groups in total. The molecule has 1 aliphatic heterocycles. The van der Waals surface area contributed by atoms with Gasteiger partial charge in [-0.25, -0.2) is 4.98 Å². The van der Waals surface area contributed by atoms with E-state index in [0.717, 1.165) is 0 Å². The number of amides is 1. The molecular formula is C15H16ClN3O2. The lowest BCUT2D eigenvalue weighted by Crippen LogP contribution is -2.34. The maximum Gasteiger partial charge on any atom is 0.262 e. The minimum Gasteiger partial charge on any atom is -0.344 e. The number of carbonyl (C=O) groups is 1. The summed E-state index contributed by atoms with van der Waals surface area (Å²) in [5.41, 5.74) is 0.414. The summed E-state index contributed by atoms with van der Waals surface area (Å²) in [5.74, 6) is 0.391. The monoisotopic (exact) mass is 305 g/mol. The van der Waals surface area contributed by atoms with E-state index >= 15 is 0 Å². The van der Waals surface area contributed by atoms with Crippen LogP contribution in [0, 0.1) is 0 Å². The number of rotatable bonds is 2. The Labute approximate surface area is 127 Å². The third kappa shape index (κ3) is 2.21. The minimum absolute atomic E-state index is 0.0623. The van der Waals surface area contributed by atoms with Crippen LogP contribution in [0.1, 0.15) is 30.6 Å². The highest BCUT2D eigenvalue weighted by molar-refractivity contribution is 6.20. The van der Waals surface area contributed by atoms with Crippen molar-refractivity contribution < 1.29 is 4.79 Å². The molecule has 1 aromatic carbocycles. The second kappa shape index (κ2) is 5.15. The summed E-state index contributed by atoms with van der Waals surface area (Å²) >= 11 is 6.20. The number of hydrogen-bond donors (Lipinski definition) is 0. The van der Waals surface area contributed by atoms with Crippen LogP contribution in [0.3, 0.4) is 0 Å². The number of carbonyl (C=O) groups excluding carboxylic acids is 1. The molecule has 2 unspecified atom stereocenters. The molecule has 1 saturated heterocycles. The number of fused-ring (bicyclic) bond motifs is 1. The molecule has 6 heteroatoms. The van der Waals surface area contributed by atoms with Gasteiger partial charge in [0.2, 0.25) is 5.91 Å². The Morgan fingerprint density at radius 2 is 2.05 bits per heavy atom. The number of aromatic nitrogens is 2. The van der Waals surface area contributed by atoms with Gasteiger partial charge in [0, 0.05) is 13.6 Å². The molecule has 21 heavy (non-hydrogen) atoms. The van der Waals surface area contributed by atoms with Gasteiger partial charge >= 0.3 is 0 Å². The van der Waals surface area contributed by atoms with Crippen LogP contribution in [0.5, 0.6) is 0 Å². The van der Waals surface area contributed by atoms with E-state index in [1.807, 2.05) is 6.07 Å². The molecule has 2 aromatic rings. The number of benzene rings is 1. The fourth-order valence-corrected chi connectivity index (χ4v) is 2.94. The smallest absolute Gasteiger partial charge is 0.262 e. The van der Waals surface area contributed by atoms with E-state index in [-0.39, 0.29) is 11.5 Å². The minimum atomic E-state index is -0.504. The van der Waals surface area contributed by atoms with Crippen molar-refractivity contribution in [3.63, 3.8) is 0 Å². The topological polar surface area (TPSA) is 55.2 Å². The average Bonchev–Trinajstić information content (AvgIpc) is 2.79. The first-order valence-corrected chi connectivity index (χ1v) is 7.34. The number of para-hydroxylation sites is 1. The predicted octanol–water partition coefficient (Wildman–Crippen LogP) is 2.10. The highest BCUT2D eigenvalue weighted by Gasteiger charge is 2.34. The van der Waals surface area contributed by atoms with Crippen LogP contribution >= 0.6 is 11.6 Å². The summed E-state index contributed by atoms with van der Waals surface area (Å²) in [6.07, 6.45) is 0.603. The van der Waals surface area contributed by atoms with Gasteiger partial charge in [0.15, 0.2) is 0 Å². The largest absolute Gasteiger partial charge is 0.344 e. The van der Waals surface area contributed by atoms with Gasteiger partial charge in [0.05, 0.1) is 16.3 Å². The first-order chi connectivity index (χ1) is 10.0. The maximum absolute atomic E-state index is 12.8. The number of hydrogen-bond acceptors (Lipinski definition) is 3. The standard InChI is InChI=1S/C15H16ClN3O2/c1-9(16)13-17-11-6-4-3-5-10(11)14(20)19(13)12-7-8-18(2)15(12)21/h3-6,9,12H,7-8H2,1-2H3. The summed E-state index contributed by atoms with van der Waals surface area (Å²) in [6, 6.07) is 6.63. The van der Waals surface area contributed by atoms with E-state index in [0.29, 0.717) is 29.7 Å². The zero-order valence-electron chi connectivity index (χ0n) is 11.9. The van der Waals surface area contributed by atoms with Crippen molar-refractivity contribution in [2.24, 2.45) is 0 Å². The SMILES string of the molecule is CC(Cl)c1nc2ccccc2c(=O)n1C1CCN(C)C1=O. The molecule has 110 valence electrons. The molecule has 0 bridgehead atoms.